The van der Waals surface area contributed by atoms with Gasteiger partial charge in [-0.2, -0.15) is 0 Å². The molecule has 0 bridgehead atoms. The second-order valence-corrected chi connectivity index (χ2v) is 5.13. The third-order valence-electron chi connectivity index (χ3n) is 3.35. The molecule has 1 unspecified atom stereocenters. The Labute approximate surface area is 122 Å². The summed E-state index contributed by atoms with van der Waals surface area (Å²) in [4.78, 5) is 21.8. The van der Waals surface area contributed by atoms with Crippen LogP contribution in [0.25, 0.3) is 0 Å². The molecule has 0 aromatic heterocycles. The first-order chi connectivity index (χ1) is 10.0. The Balaban J connectivity index is 2.18. The van der Waals surface area contributed by atoms with Crippen LogP contribution in [0.2, 0.25) is 0 Å². The molecular formula is C14H19N3O4. The largest absolute Gasteiger partial charge is 0.473 e. The predicted octanol–water partition coefficient (Wildman–Crippen LogP) is 1.49. The molecule has 1 fully saturated rings. The van der Waals surface area contributed by atoms with Crippen molar-refractivity contribution in [3.63, 3.8) is 0 Å². The summed E-state index contributed by atoms with van der Waals surface area (Å²) in [6.07, 6.45) is 1.82. The van der Waals surface area contributed by atoms with Gasteiger partial charge in [0.15, 0.2) is 11.9 Å². The summed E-state index contributed by atoms with van der Waals surface area (Å²) in [5.41, 5.74) is 5.93. The zero-order valence-electron chi connectivity index (χ0n) is 11.9. The monoisotopic (exact) mass is 293 g/mol. The van der Waals surface area contributed by atoms with Crippen LogP contribution in [0, 0.1) is 10.1 Å². The normalized spacial score (nSPS) is 15.5. The Bertz CT molecular complexity index is 543. The molecule has 1 amide bonds. The van der Waals surface area contributed by atoms with Crippen molar-refractivity contribution in [2.24, 2.45) is 5.73 Å². The van der Waals surface area contributed by atoms with Crippen LogP contribution in [0.5, 0.6) is 5.75 Å². The molecular weight excluding hydrogens is 274 g/mol. The van der Waals surface area contributed by atoms with E-state index in [1.165, 1.54) is 6.07 Å². The number of carbonyl (C=O) groups excluding carboxylic acids is 1. The molecule has 1 aromatic carbocycles. The Morgan fingerprint density at radius 1 is 1.57 bits per heavy atom. The van der Waals surface area contributed by atoms with Gasteiger partial charge in [-0.25, -0.2) is 0 Å². The Morgan fingerprint density at radius 3 is 2.81 bits per heavy atom. The highest BCUT2D eigenvalue weighted by molar-refractivity contribution is 5.79. The van der Waals surface area contributed by atoms with E-state index in [9.17, 15) is 14.9 Å². The molecule has 0 heterocycles. The molecule has 1 aliphatic carbocycles. The minimum atomic E-state index is -0.865. The second-order valence-electron chi connectivity index (χ2n) is 5.13. The summed E-state index contributed by atoms with van der Waals surface area (Å²) in [7, 11) is 0. The zero-order valence-corrected chi connectivity index (χ0v) is 11.9. The van der Waals surface area contributed by atoms with Gasteiger partial charge in [0, 0.05) is 18.7 Å². The van der Waals surface area contributed by atoms with Gasteiger partial charge in [-0.15, -0.1) is 0 Å². The van der Waals surface area contributed by atoms with Crippen molar-refractivity contribution in [3.05, 3.63) is 33.9 Å². The van der Waals surface area contributed by atoms with Crippen LogP contribution in [0.3, 0.4) is 0 Å². The van der Waals surface area contributed by atoms with E-state index in [-0.39, 0.29) is 11.4 Å². The third kappa shape index (κ3) is 4.16. The number of nitrogens with two attached hydrogens (primary N) is 1. The molecule has 0 saturated heterocycles. The average molecular weight is 293 g/mol. The van der Waals surface area contributed by atoms with E-state index in [1.807, 2.05) is 0 Å². The van der Waals surface area contributed by atoms with E-state index in [2.05, 4.69) is 5.32 Å². The Hall–Kier alpha value is -2.15. The minimum absolute atomic E-state index is 0.0840. The highest BCUT2D eigenvalue weighted by atomic mass is 16.6. The van der Waals surface area contributed by atoms with Crippen LogP contribution in [0.15, 0.2) is 18.2 Å². The third-order valence-corrected chi connectivity index (χ3v) is 3.35. The van der Waals surface area contributed by atoms with E-state index in [1.54, 1.807) is 19.1 Å². The molecule has 0 aliphatic heterocycles. The van der Waals surface area contributed by atoms with Gasteiger partial charge in [0.1, 0.15) is 0 Å². The number of nitro benzene ring substituents is 1. The fourth-order valence-electron chi connectivity index (χ4n) is 1.96. The number of amides is 1. The van der Waals surface area contributed by atoms with Crippen molar-refractivity contribution < 1.29 is 14.5 Å². The summed E-state index contributed by atoms with van der Waals surface area (Å²) < 4.78 is 5.44. The van der Waals surface area contributed by atoms with Crippen LogP contribution in [0.1, 0.15) is 31.7 Å². The van der Waals surface area contributed by atoms with E-state index >= 15 is 0 Å². The number of rotatable bonds is 8. The number of primary amides is 1. The molecule has 114 valence electrons. The van der Waals surface area contributed by atoms with Crippen molar-refractivity contribution in [1.82, 2.24) is 5.32 Å². The lowest BCUT2D eigenvalue weighted by atomic mass is 10.1. The predicted molar refractivity (Wildman–Crippen MR) is 76.9 cm³/mol. The first kappa shape index (κ1) is 15.2. The molecule has 1 aromatic rings. The van der Waals surface area contributed by atoms with Crippen molar-refractivity contribution in [3.8, 4) is 5.75 Å². The number of ether oxygens (including phenoxy) is 1. The number of carbonyl (C=O) groups is 1. The molecule has 21 heavy (non-hydrogen) atoms. The maximum Gasteiger partial charge on any atom is 0.310 e. The number of nitrogens with one attached hydrogen (secondary N) is 1. The quantitative estimate of drug-likeness (QED) is 0.557. The summed E-state index contributed by atoms with van der Waals surface area (Å²) in [6.45, 7) is 2.35. The first-order valence-electron chi connectivity index (χ1n) is 6.98. The molecule has 7 nitrogen and oxygen atoms in total. The van der Waals surface area contributed by atoms with Crippen molar-refractivity contribution >= 4 is 11.6 Å². The highest BCUT2D eigenvalue weighted by Gasteiger charge is 2.23. The van der Waals surface area contributed by atoms with E-state index < -0.39 is 16.9 Å². The molecule has 0 radical (unpaired) electrons. The van der Waals surface area contributed by atoms with Gasteiger partial charge >= 0.3 is 5.69 Å². The average Bonchev–Trinajstić information content (AvgIpc) is 3.26. The van der Waals surface area contributed by atoms with Gasteiger partial charge in [-0.3, -0.25) is 14.9 Å². The van der Waals surface area contributed by atoms with Crippen LogP contribution in [-0.2, 0) is 11.3 Å². The van der Waals surface area contributed by atoms with Gasteiger partial charge in [-0.1, -0.05) is 13.0 Å². The van der Waals surface area contributed by atoms with E-state index in [4.69, 9.17) is 10.5 Å². The fourth-order valence-corrected chi connectivity index (χ4v) is 1.96. The zero-order chi connectivity index (χ0) is 15.4. The second kappa shape index (κ2) is 6.53. The smallest absolute Gasteiger partial charge is 0.310 e. The highest BCUT2D eigenvalue weighted by Crippen LogP contribution is 2.30. The van der Waals surface area contributed by atoms with Gasteiger partial charge in [0.05, 0.1) is 4.92 Å². The lowest BCUT2D eigenvalue weighted by Crippen LogP contribution is -2.33. The number of nitro groups is 1. The van der Waals surface area contributed by atoms with Gasteiger partial charge in [-0.05, 0) is 30.9 Å². The number of nitrogens with zero attached hydrogens (tertiary/aromatic N) is 1. The van der Waals surface area contributed by atoms with Crippen molar-refractivity contribution in [2.75, 3.05) is 0 Å². The first-order valence-corrected chi connectivity index (χ1v) is 6.98. The standard InChI is InChI=1S/C14H19N3O4/c1-2-12(14(15)18)21-13-7-9(8-16-10-4-5-10)3-6-11(13)17(19)20/h3,6-7,10,12,16H,2,4-5,8H2,1H3,(H2,15,18). The maximum atomic E-state index is 11.2. The summed E-state index contributed by atoms with van der Waals surface area (Å²) in [5, 5.41) is 14.4. The Kier molecular flexibility index (Phi) is 4.74. The molecule has 3 N–H and O–H groups in total. The van der Waals surface area contributed by atoms with Gasteiger partial charge in [0.2, 0.25) is 0 Å². The maximum absolute atomic E-state index is 11.2. The van der Waals surface area contributed by atoms with E-state index in [0.29, 0.717) is 19.0 Å². The van der Waals surface area contributed by atoms with Crippen molar-refractivity contribution in [2.45, 2.75) is 44.9 Å². The van der Waals surface area contributed by atoms with Gasteiger partial charge < -0.3 is 15.8 Å². The molecule has 0 spiro atoms. The van der Waals surface area contributed by atoms with Crippen molar-refractivity contribution in [1.29, 1.82) is 0 Å². The number of hydrogen-bond acceptors (Lipinski definition) is 5. The number of benzene rings is 1. The van der Waals surface area contributed by atoms with E-state index in [0.717, 1.165) is 18.4 Å². The van der Waals surface area contributed by atoms with Crippen LogP contribution in [0.4, 0.5) is 5.69 Å². The van der Waals surface area contributed by atoms with Crippen LogP contribution < -0.4 is 15.8 Å². The van der Waals surface area contributed by atoms with Crippen LogP contribution in [-0.4, -0.2) is 23.0 Å². The summed E-state index contributed by atoms with van der Waals surface area (Å²) in [5.74, 6) is -0.547. The molecule has 1 aliphatic rings. The molecule has 1 saturated carbocycles. The minimum Gasteiger partial charge on any atom is -0.473 e. The molecule has 2 rings (SSSR count). The summed E-state index contributed by atoms with van der Waals surface area (Å²) >= 11 is 0. The summed E-state index contributed by atoms with van der Waals surface area (Å²) in [6, 6.07) is 5.22. The fraction of sp³-hybridized carbons (Fsp3) is 0.500. The number of hydrogen-bond donors (Lipinski definition) is 2. The lowest BCUT2D eigenvalue weighted by molar-refractivity contribution is -0.386. The SMILES string of the molecule is CCC(Oc1cc(CNC2CC2)ccc1[N+](=O)[O-])C(N)=O. The van der Waals surface area contributed by atoms with Gasteiger partial charge in [0.25, 0.3) is 5.91 Å². The molecule has 1 atom stereocenters. The molecule has 7 heteroatoms. The Morgan fingerprint density at radius 2 is 2.29 bits per heavy atom. The lowest BCUT2D eigenvalue weighted by Gasteiger charge is -2.15. The van der Waals surface area contributed by atoms with Crippen LogP contribution >= 0.6 is 0 Å². The topological polar surface area (TPSA) is 107 Å².